The van der Waals surface area contributed by atoms with Gasteiger partial charge in [0.05, 0.1) is 5.69 Å². The molecule has 0 spiro atoms. The summed E-state index contributed by atoms with van der Waals surface area (Å²) >= 11 is 0. The predicted molar refractivity (Wildman–Crippen MR) is 319 cm³/mol. The van der Waals surface area contributed by atoms with Crippen LogP contribution in [0.3, 0.4) is 0 Å². The molecule has 360 valence electrons. The van der Waals surface area contributed by atoms with Crippen LogP contribution < -0.4 is 19.6 Å². The second-order valence-corrected chi connectivity index (χ2v) is 18.5. The van der Waals surface area contributed by atoms with E-state index in [1.54, 1.807) is 0 Å². The molecule has 12 aromatic carbocycles. The van der Waals surface area contributed by atoms with E-state index in [4.69, 9.17) is 0 Å². The van der Waals surface area contributed by atoms with Crippen molar-refractivity contribution in [2.75, 3.05) is 19.6 Å². The zero-order chi connectivity index (χ0) is 50.9. The first-order valence-electron chi connectivity index (χ1n) is 25.7. The van der Waals surface area contributed by atoms with Gasteiger partial charge in [0.2, 0.25) is 0 Å². The van der Waals surface area contributed by atoms with Gasteiger partial charge in [0.25, 0.3) is 0 Å². The van der Waals surface area contributed by atoms with Crippen LogP contribution in [-0.2, 0) is 0 Å². The Morgan fingerprint density at radius 3 is 0.579 bits per heavy atom. The molecule has 4 nitrogen and oxygen atoms in total. The van der Waals surface area contributed by atoms with Crippen molar-refractivity contribution in [3.63, 3.8) is 0 Å². The minimum Gasteiger partial charge on any atom is -0.311 e. The van der Waals surface area contributed by atoms with Crippen LogP contribution in [0.5, 0.6) is 0 Å². The number of hydrogen-bond acceptors (Lipinski definition) is 4. The van der Waals surface area contributed by atoms with Crippen LogP contribution in [0.25, 0.3) is 33.4 Å². The Labute approximate surface area is 446 Å². The molecule has 0 radical (unpaired) electrons. The molecule has 0 aromatic heterocycles. The Balaban J connectivity index is 0.850. The van der Waals surface area contributed by atoms with Gasteiger partial charge in [-0.15, -0.1) is 0 Å². The van der Waals surface area contributed by atoms with Gasteiger partial charge >= 0.3 is 0 Å². The summed E-state index contributed by atoms with van der Waals surface area (Å²) in [5, 5.41) is 0. The molecule has 0 aliphatic carbocycles. The Morgan fingerprint density at radius 2 is 0.368 bits per heavy atom. The van der Waals surface area contributed by atoms with Crippen molar-refractivity contribution >= 4 is 68.2 Å². The minimum atomic E-state index is 0.936. The molecule has 0 aliphatic heterocycles. The summed E-state index contributed by atoms with van der Waals surface area (Å²) in [6, 6.07) is 118. The van der Waals surface area contributed by atoms with Crippen LogP contribution in [-0.4, -0.2) is 0 Å². The second kappa shape index (κ2) is 21.8. The first-order chi connectivity index (χ1) is 37.7. The van der Waals surface area contributed by atoms with Gasteiger partial charge in [0.15, 0.2) is 0 Å². The fraction of sp³-hybridized carbons (Fsp3) is 0. The lowest BCUT2D eigenvalue weighted by atomic mass is 10.0. The SMILES string of the molecule is c1cccc(N(c2ccccc2)c2ccc(-c3ccc(N(c4ccc(-c5ccc(N(c6ccccc6)c6ccccc6)cc5)cc4)c4ccc(-c5ccc(N(c6ccccc6)c6ccccc6)cc5)cc4)cc3)cc2)c#1. The van der Waals surface area contributed by atoms with E-state index in [-0.39, 0.29) is 0 Å². The third-order valence-corrected chi connectivity index (χ3v) is 13.7. The summed E-state index contributed by atoms with van der Waals surface area (Å²) < 4.78 is 0. The molecule has 12 aromatic rings. The highest BCUT2D eigenvalue weighted by molar-refractivity contribution is 5.84. The maximum atomic E-state index is 3.30. The molecule has 0 unspecified atom stereocenters. The van der Waals surface area contributed by atoms with Crippen LogP contribution in [0.1, 0.15) is 0 Å². The molecule has 0 saturated carbocycles. The van der Waals surface area contributed by atoms with E-state index in [2.05, 4.69) is 329 Å². The van der Waals surface area contributed by atoms with E-state index >= 15 is 0 Å². The molecule has 12 rings (SSSR count). The lowest BCUT2D eigenvalue weighted by molar-refractivity contribution is 1.28. The van der Waals surface area contributed by atoms with Gasteiger partial charge < -0.3 is 19.6 Å². The van der Waals surface area contributed by atoms with Gasteiger partial charge in [-0.25, -0.2) is 0 Å². The van der Waals surface area contributed by atoms with E-state index in [0.29, 0.717) is 0 Å². The van der Waals surface area contributed by atoms with E-state index in [0.717, 1.165) is 102 Å². The topological polar surface area (TPSA) is 13.0 Å². The molecule has 0 saturated heterocycles. The lowest BCUT2D eigenvalue weighted by Gasteiger charge is -2.27. The van der Waals surface area contributed by atoms with Crippen LogP contribution >= 0.6 is 0 Å². The molecule has 4 heteroatoms. The van der Waals surface area contributed by atoms with E-state index in [1.807, 2.05) is 18.2 Å². The first kappa shape index (κ1) is 46.7. The largest absolute Gasteiger partial charge is 0.311 e. The molecule has 0 amide bonds. The average molecular weight is 973 g/mol. The Kier molecular flexibility index (Phi) is 13.4. The standard InChI is InChI=1S/C72H52N4/c1-7-19-61(20-8-1)73(62-21-9-2-10-22-62)67-43-31-55(32-44-67)58-37-49-70(50-38-58)76(71-51-39-59(40-52-71)56-33-45-68(46-34-56)74(63-23-11-3-12-24-63)64-25-13-4-14-26-64)72-53-41-60(42-54-72)57-35-47-69(48-36-57)75(65-27-15-5-16-28-65)66-29-17-6-18-30-66/h1-17,19-29,31-54H. The zero-order valence-electron chi connectivity index (χ0n) is 41.8. The third kappa shape index (κ3) is 10.1. The van der Waals surface area contributed by atoms with Gasteiger partial charge in [-0.1, -0.05) is 176 Å². The first-order valence-corrected chi connectivity index (χ1v) is 25.7. The number of benzene rings is 11. The Hall–Kier alpha value is -10.3. The highest BCUT2D eigenvalue weighted by atomic mass is 15.2. The van der Waals surface area contributed by atoms with E-state index in [9.17, 15) is 0 Å². The highest BCUT2D eigenvalue weighted by Gasteiger charge is 2.18. The fourth-order valence-corrected chi connectivity index (χ4v) is 9.95. The Morgan fingerprint density at radius 1 is 0.171 bits per heavy atom. The highest BCUT2D eigenvalue weighted by Crippen LogP contribution is 2.41. The van der Waals surface area contributed by atoms with Crippen molar-refractivity contribution in [3.8, 4) is 33.4 Å². The summed E-state index contributed by atoms with van der Waals surface area (Å²) in [6.45, 7) is 0. The van der Waals surface area contributed by atoms with Gasteiger partial charge in [0.1, 0.15) is 0 Å². The lowest BCUT2D eigenvalue weighted by Crippen LogP contribution is -2.10. The van der Waals surface area contributed by atoms with Crippen LogP contribution in [0.4, 0.5) is 68.2 Å². The smallest absolute Gasteiger partial charge is 0.0973 e. The Bertz CT molecular complexity index is 3210. The van der Waals surface area contributed by atoms with E-state index < -0.39 is 0 Å². The van der Waals surface area contributed by atoms with Crippen LogP contribution in [0.15, 0.2) is 315 Å². The van der Waals surface area contributed by atoms with Gasteiger partial charge in [-0.3, -0.25) is 0 Å². The maximum Gasteiger partial charge on any atom is 0.0973 e. The van der Waals surface area contributed by atoms with Gasteiger partial charge in [0, 0.05) is 62.6 Å². The summed E-state index contributed by atoms with van der Waals surface area (Å²) in [5.41, 5.74) is 19.8. The molecule has 0 aliphatic rings. The number of para-hydroxylation sites is 5. The number of nitrogens with zero attached hydrogens (tertiary/aromatic N) is 4. The number of anilines is 12. The molecular formula is C72H52N4. The summed E-state index contributed by atoms with van der Waals surface area (Å²) in [7, 11) is 0. The molecular weight excluding hydrogens is 921 g/mol. The second-order valence-electron chi connectivity index (χ2n) is 18.5. The van der Waals surface area contributed by atoms with Crippen LogP contribution in [0.2, 0.25) is 0 Å². The van der Waals surface area contributed by atoms with Crippen molar-refractivity contribution in [2.24, 2.45) is 0 Å². The van der Waals surface area contributed by atoms with Crippen molar-refractivity contribution < 1.29 is 0 Å². The average Bonchev–Trinajstić information content (AvgIpc) is 3.50. The van der Waals surface area contributed by atoms with E-state index in [1.165, 1.54) is 0 Å². The minimum absolute atomic E-state index is 0.936. The van der Waals surface area contributed by atoms with Gasteiger partial charge in [-0.2, -0.15) is 0 Å². The van der Waals surface area contributed by atoms with Crippen molar-refractivity contribution in [3.05, 3.63) is 328 Å². The normalized spacial score (nSPS) is 10.8. The molecule has 0 heterocycles. The number of rotatable bonds is 15. The third-order valence-electron chi connectivity index (χ3n) is 13.7. The van der Waals surface area contributed by atoms with Crippen LogP contribution in [0, 0.1) is 12.1 Å². The van der Waals surface area contributed by atoms with Crippen molar-refractivity contribution in [1.29, 1.82) is 0 Å². The van der Waals surface area contributed by atoms with Crippen molar-refractivity contribution in [2.45, 2.75) is 0 Å². The summed E-state index contributed by atoms with van der Waals surface area (Å²) in [6.07, 6.45) is 0. The molecule has 0 fully saturated rings. The van der Waals surface area contributed by atoms with Gasteiger partial charge in [-0.05, 0) is 185 Å². The molecule has 0 atom stereocenters. The monoisotopic (exact) mass is 972 g/mol. The summed E-state index contributed by atoms with van der Waals surface area (Å²) in [4.78, 5) is 9.13. The fourth-order valence-electron chi connectivity index (χ4n) is 9.95. The predicted octanol–water partition coefficient (Wildman–Crippen LogP) is 20.2. The molecule has 0 bridgehead atoms. The van der Waals surface area contributed by atoms with Crippen molar-refractivity contribution in [1.82, 2.24) is 0 Å². The number of hydrogen-bond donors (Lipinski definition) is 0. The quantitative estimate of drug-likeness (QED) is 0.101. The molecule has 0 N–H and O–H groups in total. The molecule has 76 heavy (non-hydrogen) atoms. The maximum absolute atomic E-state index is 3.30. The zero-order valence-corrected chi connectivity index (χ0v) is 41.8. The summed E-state index contributed by atoms with van der Waals surface area (Å²) in [5.74, 6) is 0.